The summed E-state index contributed by atoms with van der Waals surface area (Å²) < 4.78 is 33.9. The highest BCUT2D eigenvalue weighted by atomic mass is 19.1. The summed E-state index contributed by atoms with van der Waals surface area (Å²) in [5.41, 5.74) is 12.4. The van der Waals surface area contributed by atoms with E-state index in [0.29, 0.717) is 24.0 Å². The number of methoxy groups -OCH3 is 1. The van der Waals surface area contributed by atoms with Gasteiger partial charge in [-0.25, -0.2) is 8.78 Å². The van der Waals surface area contributed by atoms with Crippen LogP contribution in [-0.2, 0) is 6.42 Å². The first-order chi connectivity index (χ1) is 12.4. The summed E-state index contributed by atoms with van der Waals surface area (Å²) in [7, 11) is 1.34. The topological polar surface area (TPSA) is 90.7 Å². The number of guanidine groups is 1. The van der Waals surface area contributed by atoms with E-state index in [2.05, 4.69) is 4.99 Å². The van der Waals surface area contributed by atoms with Crippen molar-refractivity contribution >= 4 is 17.4 Å². The van der Waals surface area contributed by atoms with Crippen LogP contribution in [0.5, 0.6) is 5.75 Å². The Kier molecular flexibility index (Phi) is 4.71. The Hall–Kier alpha value is -3.22. The monoisotopic (exact) mass is 357 g/mol. The number of aliphatic imine (C=N–C) groups is 1. The standard InChI is InChI=1S/C19H17F2N3O2/c1-26-12-8-15(20)17(16(21)9-12)13-4-2-3-10-5-6-11(7-14(10)13)18(25)24-19(22)23/h4-9H,2-3H2,1H3,(H4,22,23,24,25). The number of aryl methyl sites for hydroxylation is 1. The van der Waals surface area contributed by atoms with Gasteiger partial charge in [-0.05, 0) is 41.7 Å². The summed E-state index contributed by atoms with van der Waals surface area (Å²) in [4.78, 5) is 15.6. The van der Waals surface area contributed by atoms with Crippen LogP contribution in [0.1, 0.15) is 33.5 Å². The quantitative estimate of drug-likeness (QED) is 0.653. The predicted molar refractivity (Wildman–Crippen MR) is 94.9 cm³/mol. The van der Waals surface area contributed by atoms with E-state index in [0.717, 1.165) is 17.7 Å². The summed E-state index contributed by atoms with van der Waals surface area (Å²) in [6.07, 6.45) is 3.09. The fourth-order valence-electron chi connectivity index (χ4n) is 3.00. The van der Waals surface area contributed by atoms with Crippen molar-refractivity contribution in [3.05, 3.63) is 70.3 Å². The molecule has 4 N–H and O–H groups in total. The number of carbonyl (C=O) groups is 1. The molecular formula is C19H17F2N3O2. The van der Waals surface area contributed by atoms with E-state index in [9.17, 15) is 13.6 Å². The van der Waals surface area contributed by atoms with Gasteiger partial charge in [0.25, 0.3) is 5.91 Å². The zero-order chi connectivity index (χ0) is 18.8. The average molecular weight is 357 g/mol. The van der Waals surface area contributed by atoms with Crippen LogP contribution in [0.15, 0.2) is 41.4 Å². The van der Waals surface area contributed by atoms with Gasteiger partial charge >= 0.3 is 0 Å². The first-order valence-electron chi connectivity index (χ1n) is 7.91. The number of allylic oxidation sites excluding steroid dienone is 1. The van der Waals surface area contributed by atoms with Crippen LogP contribution in [0.4, 0.5) is 8.78 Å². The number of fused-ring (bicyclic) bond motifs is 1. The van der Waals surface area contributed by atoms with E-state index in [4.69, 9.17) is 16.2 Å². The van der Waals surface area contributed by atoms with Crippen molar-refractivity contribution in [3.8, 4) is 5.75 Å². The third kappa shape index (κ3) is 3.28. The third-order valence-electron chi connectivity index (χ3n) is 4.16. The minimum Gasteiger partial charge on any atom is -0.497 e. The number of benzene rings is 2. The first-order valence-corrected chi connectivity index (χ1v) is 7.91. The van der Waals surface area contributed by atoms with Crippen molar-refractivity contribution in [1.29, 1.82) is 0 Å². The molecule has 2 aromatic rings. The molecule has 0 heterocycles. The summed E-state index contributed by atoms with van der Waals surface area (Å²) >= 11 is 0. The zero-order valence-electron chi connectivity index (χ0n) is 14.1. The Bertz CT molecular complexity index is 925. The van der Waals surface area contributed by atoms with Gasteiger partial charge in [0.15, 0.2) is 5.96 Å². The molecule has 7 heteroatoms. The second-order valence-electron chi connectivity index (χ2n) is 5.84. The maximum Gasteiger partial charge on any atom is 0.280 e. The van der Waals surface area contributed by atoms with Crippen LogP contribution in [0.3, 0.4) is 0 Å². The molecule has 5 nitrogen and oxygen atoms in total. The van der Waals surface area contributed by atoms with Crippen molar-refractivity contribution in [2.45, 2.75) is 12.8 Å². The van der Waals surface area contributed by atoms with Gasteiger partial charge in [-0.15, -0.1) is 0 Å². The Morgan fingerprint density at radius 1 is 1.15 bits per heavy atom. The minimum atomic E-state index is -0.734. The van der Waals surface area contributed by atoms with Crippen molar-refractivity contribution in [3.63, 3.8) is 0 Å². The molecule has 0 bridgehead atoms. The summed E-state index contributed by atoms with van der Waals surface area (Å²) in [6.45, 7) is 0. The molecule has 0 aliphatic heterocycles. The molecule has 3 rings (SSSR count). The van der Waals surface area contributed by atoms with E-state index < -0.39 is 17.5 Å². The first kappa shape index (κ1) is 17.6. The lowest BCUT2D eigenvalue weighted by Crippen LogP contribution is -2.24. The van der Waals surface area contributed by atoms with Crippen LogP contribution >= 0.6 is 0 Å². The van der Waals surface area contributed by atoms with E-state index in [1.165, 1.54) is 7.11 Å². The predicted octanol–water partition coefficient (Wildman–Crippen LogP) is 2.76. The fourth-order valence-corrected chi connectivity index (χ4v) is 3.00. The maximum atomic E-state index is 14.5. The van der Waals surface area contributed by atoms with Crippen molar-refractivity contribution in [2.24, 2.45) is 16.5 Å². The van der Waals surface area contributed by atoms with Crippen LogP contribution in [0.2, 0.25) is 0 Å². The molecule has 0 radical (unpaired) electrons. The van der Waals surface area contributed by atoms with Crippen molar-refractivity contribution < 1.29 is 18.3 Å². The van der Waals surface area contributed by atoms with E-state index >= 15 is 0 Å². The van der Waals surface area contributed by atoms with E-state index in [1.807, 2.05) is 0 Å². The SMILES string of the molecule is COc1cc(F)c(C2=CCCc3ccc(C(=O)N=C(N)N)cc32)c(F)c1. The van der Waals surface area contributed by atoms with Crippen LogP contribution in [-0.4, -0.2) is 19.0 Å². The number of nitrogens with two attached hydrogens (primary N) is 2. The lowest BCUT2D eigenvalue weighted by Gasteiger charge is -2.20. The summed E-state index contributed by atoms with van der Waals surface area (Å²) in [5.74, 6) is -2.34. The molecule has 0 spiro atoms. The molecule has 1 aliphatic carbocycles. The molecule has 134 valence electrons. The normalized spacial score (nSPS) is 12.8. The molecule has 26 heavy (non-hydrogen) atoms. The van der Waals surface area contributed by atoms with Crippen molar-refractivity contribution in [1.82, 2.24) is 0 Å². The highest BCUT2D eigenvalue weighted by Gasteiger charge is 2.22. The smallest absolute Gasteiger partial charge is 0.280 e. The Balaban J connectivity index is 2.12. The molecule has 0 saturated heterocycles. The number of hydrogen-bond acceptors (Lipinski definition) is 2. The van der Waals surface area contributed by atoms with Gasteiger partial charge in [0, 0.05) is 17.7 Å². The molecule has 0 fully saturated rings. The Labute approximate surface area is 149 Å². The zero-order valence-corrected chi connectivity index (χ0v) is 14.1. The number of ether oxygens (including phenoxy) is 1. The molecule has 0 atom stereocenters. The van der Waals surface area contributed by atoms with Gasteiger partial charge in [0.2, 0.25) is 0 Å². The fraction of sp³-hybridized carbons (Fsp3) is 0.158. The lowest BCUT2D eigenvalue weighted by molar-refractivity contribution is 0.100. The minimum absolute atomic E-state index is 0.0945. The highest BCUT2D eigenvalue weighted by Crippen LogP contribution is 2.36. The van der Waals surface area contributed by atoms with Crippen LogP contribution in [0, 0.1) is 11.6 Å². The summed E-state index contributed by atoms with van der Waals surface area (Å²) in [5, 5.41) is 0. The number of carbonyl (C=O) groups excluding carboxylic acids is 1. The largest absolute Gasteiger partial charge is 0.497 e. The highest BCUT2D eigenvalue weighted by molar-refractivity contribution is 6.02. The van der Waals surface area contributed by atoms with Gasteiger partial charge in [-0.2, -0.15) is 4.99 Å². The number of halogens is 2. The molecule has 0 saturated carbocycles. The van der Waals surface area contributed by atoms with Gasteiger partial charge in [-0.3, -0.25) is 4.79 Å². The molecule has 1 aliphatic rings. The molecule has 2 aromatic carbocycles. The summed E-state index contributed by atoms with van der Waals surface area (Å²) in [6, 6.07) is 7.15. The Morgan fingerprint density at radius 3 is 2.46 bits per heavy atom. The van der Waals surface area contributed by atoms with Crippen LogP contribution in [0.25, 0.3) is 5.57 Å². The van der Waals surface area contributed by atoms with Gasteiger partial charge < -0.3 is 16.2 Å². The van der Waals surface area contributed by atoms with Crippen LogP contribution < -0.4 is 16.2 Å². The second-order valence-corrected chi connectivity index (χ2v) is 5.84. The second kappa shape index (κ2) is 6.95. The molecular weight excluding hydrogens is 340 g/mol. The van der Waals surface area contributed by atoms with E-state index in [1.54, 1.807) is 24.3 Å². The van der Waals surface area contributed by atoms with Gasteiger partial charge in [0.1, 0.15) is 17.4 Å². The lowest BCUT2D eigenvalue weighted by atomic mass is 9.85. The number of nitrogens with zero attached hydrogens (tertiary/aromatic N) is 1. The van der Waals surface area contributed by atoms with Gasteiger partial charge in [-0.1, -0.05) is 12.1 Å². The molecule has 0 unspecified atom stereocenters. The maximum absolute atomic E-state index is 14.5. The molecule has 0 aromatic heterocycles. The van der Waals surface area contributed by atoms with Gasteiger partial charge in [0.05, 0.1) is 12.7 Å². The number of hydrogen-bond donors (Lipinski definition) is 2. The Morgan fingerprint density at radius 2 is 1.85 bits per heavy atom. The number of amides is 1. The average Bonchev–Trinajstić information content (AvgIpc) is 2.60. The van der Waals surface area contributed by atoms with E-state index in [-0.39, 0.29) is 22.8 Å². The molecule has 1 amide bonds. The number of rotatable bonds is 3. The van der Waals surface area contributed by atoms with Crippen molar-refractivity contribution in [2.75, 3.05) is 7.11 Å². The third-order valence-corrected chi connectivity index (χ3v) is 4.16.